The van der Waals surface area contributed by atoms with Gasteiger partial charge in [-0.15, -0.1) is 11.3 Å². The zero-order chi connectivity index (χ0) is 19.0. The van der Waals surface area contributed by atoms with E-state index < -0.39 is 41.1 Å². The molecule has 1 aromatic carbocycles. The third-order valence-electron chi connectivity index (χ3n) is 3.03. The molecule has 1 heterocycles. The SMILES string of the molecule is CC(N)c1ncc(C(=O)Nc2ccc(C(F)(F)F)c(C(F)(F)F)c2)s1. The summed E-state index contributed by atoms with van der Waals surface area (Å²) in [7, 11) is 0. The number of aromatic nitrogens is 1. The zero-order valence-corrected chi connectivity index (χ0v) is 13.3. The van der Waals surface area contributed by atoms with Crippen LogP contribution in [0, 0.1) is 0 Å². The molecule has 2 aromatic rings. The Balaban J connectivity index is 2.32. The molecule has 2 rings (SSSR count). The molecule has 0 aliphatic heterocycles. The van der Waals surface area contributed by atoms with Gasteiger partial charge >= 0.3 is 12.4 Å². The Morgan fingerprint density at radius 2 is 1.76 bits per heavy atom. The Hall–Kier alpha value is -2.14. The molecule has 0 spiro atoms. The van der Waals surface area contributed by atoms with Crippen molar-refractivity contribution in [2.45, 2.75) is 25.3 Å². The first-order valence-electron chi connectivity index (χ1n) is 6.70. The number of carbonyl (C=O) groups excluding carboxylic acids is 1. The summed E-state index contributed by atoms with van der Waals surface area (Å²) in [5.74, 6) is -0.794. The van der Waals surface area contributed by atoms with Crippen molar-refractivity contribution < 1.29 is 31.1 Å². The van der Waals surface area contributed by atoms with E-state index >= 15 is 0 Å². The van der Waals surface area contributed by atoms with Gasteiger partial charge < -0.3 is 11.1 Å². The molecular formula is C14H11F6N3OS. The lowest BCUT2D eigenvalue weighted by Gasteiger charge is -2.16. The molecule has 136 valence electrons. The van der Waals surface area contributed by atoms with E-state index in [1.54, 1.807) is 6.92 Å². The summed E-state index contributed by atoms with van der Waals surface area (Å²) in [5, 5.41) is 2.56. The molecule has 4 nitrogen and oxygen atoms in total. The molecule has 0 bridgehead atoms. The molecule has 0 aliphatic rings. The summed E-state index contributed by atoms with van der Waals surface area (Å²) in [4.78, 5) is 16.0. The fourth-order valence-electron chi connectivity index (χ4n) is 1.90. The second-order valence-corrected chi connectivity index (χ2v) is 6.12. The van der Waals surface area contributed by atoms with Gasteiger partial charge in [0.2, 0.25) is 0 Å². The van der Waals surface area contributed by atoms with Crippen LogP contribution < -0.4 is 11.1 Å². The van der Waals surface area contributed by atoms with Gasteiger partial charge in [-0.25, -0.2) is 4.98 Å². The minimum atomic E-state index is -5.22. The summed E-state index contributed by atoms with van der Waals surface area (Å²) in [6.45, 7) is 1.63. The van der Waals surface area contributed by atoms with Crippen LogP contribution in [-0.4, -0.2) is 10.9 Å². The molecular weight excluding hydrogens is 372 g/mol. The second-order valence-electron chi connectivity index (χ2n) is 5.06. The normalized spacial score (nSPS) is 13.6. The van der Waals surface area contributed by atoms with Crippen LogP contribution in [0.15, 0.2) is 24.4 Å². The van der Waals surface area contributed by atoms with Crippen LogP contribution in [-0.2, 0) is 12.4 Å². The van der Waals surface area contributed by atoms with Crippen molar-refractivity contribution in [1.29, 1.82) is 0 Å². The number of hydrogen-bond acceptors (Lipinski definition) is 4. The number of anilines is 1. The van der Waals surface area contributed by atoms with Crippen molar-refractivity contribution in [3.63, 3.8) is 0 Å². The van der Waals surface area contributed by atoms with Gasteiger partial charge in [0.05, 0.1) is 23.4 Å². The molecule has 1 amide bonds. The largest absolute Gasteiger partial charge is 0.417 e. The summed E-state index contributed by atoms with van der Waals surface area (Å²) in [5.41, 5.74) is 1.47. The monoisotopic (exact) mass is 383 g/mol. The van der Waals surface area contributed by atoms with Crippen molar-refractivity contribution in [3.05, 3.63) is 45.4 Å². The number of amides is 1. The standard InChI is InChI=1S/C14H11F6N3OS/c1-6(21)12-22-5-10(25-12)11(24)23-7-2-3-8(13(15,16)17)9(4-7)14(18,19)20/h2-6H,21H2,1H3,(H,23,24). The molecule has 1 atom stereocenters. The quantitative estimate of drug-likeness (QED) is 0.770. The van der Waals surface area contributed by atoms with Crippen LogP contribution in [0.3, 0.4) is 0 Å². The second kappa shape index (κ2) is 6.64. The van der Waals surface area contributed by atoms with Crippen molar-refractivity contribution in [2.24, 2.45) is 5.73 Å². The van der Waals surface area contributed by atoms with Crippen molar-refractivity contribution >= 4 is 22.9 Å². The van der Waals surface area contributed by atoms with Crippen LogP contribution >= 0.6 is 11.3 Å². The molecule has 3 N–H and O–H groups in total. The summed E-state index contributed by atoms with van der Waals surface area (Å²) in [6.07, 6.45) is -9.21. The molecule has 0 radical (unpaired) electrons. The molecule has 11 heteroatoms. The van der Waals surface area contributed by atoms with Crippen LogP contribution in [0.2, 0.25) is 0 Å². The number of nitrogens with one attached hydrogen (secondary N) is 1. The average Bonchev–Trinajstić information content (AvgIpc) is 2.95. The summed E-state index contributed by atoms with van der Waals surface area (Å²) >= 11 is 0.935. The number of hydrogen-bond donors (Lipinski definition) is 2. The van der Waals surface area contributed by atoms with E-state index in [1.807, 2.05) is 0 Å². The summed E-state index contributed by atoms with van der Waals surface area (Å²) in [6, 6.07) is 0.838. The van der Waals surface area contributed by atoms with Gasteiger partial charge in [0, 0.05) is 5.69 Å². The number of halogens is 6. The van der Waals surface area contributed by atoms with E-state index in [0.29, 0.717) is 5.01 Å². The molecule has 0 fully saturated rings. The Morgan fingerprint density at radius 1 is 1.16 bits per heavy atom. The molecule has 1 unspecified atom stereocenters. The predicted molar refractivity (Wildman–Crippen MR) is 79.1 cm³/mol. The average molecular weight is 383 g/mol. The molecule has 0 saturated heterocycles. The van der Waals surface area contributed by atoms with Crippen LogP contribution in [0.5, 0.6) is 0 Å². The van der Waals surface area contributed by atoms with Gasteiger partial charge in [-0.3, -0.25) is 4.79 Å². The maximum absolute atomic E-state index is 12.9. The summed E-state index contributed by atoms with van der Waals surface area (Å²) < 4.78 is 76.8. The topological polar surface area (TPSA) is 68.0 Å². The first kappa shape index (κ1) is 19.2. The number of nitrogens with zero attached hydrogens (tertiary/aromatic N) is 1. The number of benzene rings is 1. The first-order chi connectivity index (χ1) is 11.4. The van der Waals surface area contributed by atoms with Gasteiger partial charge in [0.1, 0.15) is 9.88 Å². The van der Waals surface area contributed by atoms with Crippen LogP contribution in [0.4, 0.5) is 32.0 Å². The molecule has 0 saturated carbocycles. The smallest absolute Gasteiger partial charge is 0.322 e. The first-order valence-corrected chi connectivity index (χ1v) is 7.52. The van der Waals surface area contributed by atoms with E-state index in [-0.39, 0.29) is 17.0 Å². The highest BCUT2D eigenvalue weighted by molar-refractivity contribution is 7.13. The maximum Gasteiger partial charge on any atom is 0.417 e. The van der Waals surface area contributed by atoms with E-state index in [1.165, 1.54) is 6.20 Å². The Labute approximate surface area is 141 Å². The number of alkyl halides is 6. The minimum absolute atomic E-state index is 0.0701. The third-order valence-corrected chi connectivity index (χ3v) is 4.22. The predicted octanol–water partition coefficient (Wildman–Crippen LogP) is 4.45. The number of carbonyl (C=O) groups is 1. The number of rotatable bonds is 3. The lowest BCUT2D eigenvalue weighted by atomic mass is 10.1. The Morgan fingerprint density at radius 3 is 2.24 bits per heavy atom. The van der Waals surface area contributed by atoms with Crippen molar-refractivity contribution in [3.8, 4) is 0 Å². The van der Waals surface area contributed by atoms with Crippen molar-refractivity contribution in [2.75, 3.05) is 5.32 Å². The molecule has 0 aliphatic carbocycles. The van der Waals surface area contributed by atoms with Crippen LogP contribution in [0.1, 0.15) is 38.8 Å². The number of nitrogens with two attached hydrogens (primary N) is 1. The van der Waals surface area contributed by atoms with Crippen LogP contribution in [0.25, 0.3) is 0 Å². The van der Waals surface area contributed by atoms with Gasteiger partial charge in [-0.1, -0.05) is 0 Å². The maximum atomic E-state index is 12.9. The van der Waals surface area contributed by atoms with E-state index in [9.17, 15) is 31.1 Å². The number of thiazole rings is 1. The fourth-order valence-corrected chi connectivity index (χ4v) is 2.67. The highest BCUT2D eigenvalue weighted by Gasteiger charge is 2.43. The minimum Gasteiger partial charge on any atom is -0.322 e. The lowest BCUT2D eigenvalue weighted by molar-refractivity contribution is -0.162. The Kier molecular flexibility index (Phi) is 5.09. The third kappa shape index (κ3) is 4.48. The zero-order valence-electron chi connectivity index (χ0n) is 12.5. The van der Waals surface area contributed by atoms with Gasteiger partial charge in [-0.2, -0.15) is 26.3 Å². The fraction of sp³-hybridized carbons (Fsp3) is 0.286. The van der Waals surface area contributed by atoms with E-state index in [0.717, 1.165) is 17.4 Å². The van der Waals surface area contributed by atoms with E-state index in [4.69, 9.17) is 5.73 Å². The lowest BCUT2D eigenvalue weighted by Crippen LogP contribution is -2.18. The van der Waals surface area contributed by atoms with Gasteiger partial charge in [0.25, 0.3) is 5.91 Å². The van der Waals surface area contributed by atoms with Gasteiger partial charge in [-0.05, 0) is 25.1 Å². The highest BCUT2D eigenvalue weighted by atomic mass is 32.1. The highest BCUT2D eigenvalue weighted by Crippen LogP contribution is 2.41. The molecule has 25 heavy (non-hydrogen) atoms. The van der Waals surface area contributed by atoms with Gasteiger partial charge in [0.15, 0.2) is 0 Å². The van der Waals surface area contributed by atoms with Crippen molar-refractivity contribution in [1.82, 2.24) is 4.98 Å². The van der Waals surface area contributed by atoms with E-state index in [2.05, 4.69) is 10.3 Å². The molecule has 1 aromatic heterocycles. The Bertz CT molecular complexity index is 782.